The lowest BCUT2D eigenvalue weighted by Gasteiger charge is -2.42. The van der Waals surface area contributed by atoms with Crippen LogP contribution in [0, 0.1) is 12.8 Å². The van der Waals surface area contributed by atoms with E-state index in [0.29, 0.717) is 19.2 Å². The molecule has 1 aromatic heterocycles. The number of likely N-dealkylation sites (tertiary alicyclic amines) is 2. The van der Waals surface area contributed by atoms with E-state index < -0.39 is 0 Å². The molecule has 0 bridgehead atoms. The molecule has 0 radical (unpaired) electrons. The Morgan fingerprint density at radius 3 is 2.81 bits per heavy atom. The Labute approximate surface area is 163 Å². The van der Waals surface area contributed by atoms with Crippen LogP contribution < -0.4 is 5.32 Å². The molecule has 0 spiro atoms. The molecule has 2 aliphatic heterocycles. The standard InChI is InChI=1S/C21H34N4O2/c1-17-5-3-7-19(23-17)16-24-12-8-20(9-13-24)25-11-4-6-18(15-25)21(26)22-10-14-27-2/h3,5,7,18,20H,4,6,8-16H2,1-2H3,(H,22,26)/t18-/m1/s1. The molecule has 1 N–H and O–H groups in total. The molecule has 0 saturated carbocycles. The van der Waals surface area contributed by atoms with Crippen LogP contribution in [0.5, 0.6) is 0 Å². The summed E-state index contributed by atoms with van der Waals surface area (Å²) in [6.45, 7) is 8.44. The van der Waals surface area contributed by atoms with Gasteiger partial charge in [0.2, 0.25) is 5.91 Å². The number of aromatic nitrogens is 1. The number of carbonyl (C=O) groups is 1. The minimum atomic E-state index is 0.130. The van der Waals surface area contributed by atoms with E-state index in [1.165, 1.54) is 18.5 Å². The number of hydrogen-bond acceptors (Lipinski definition) is 5. The van der Waals surface area contributed by atoms with Gasteiger partial charge < -0.3 is 10.1 Å². The predicted molar refractivity (Wildman–Crippen MR) is 106 cm³/mol. The van der Waals surface area contributed by atoms with E-state index in [4.69, 9.17) is 4.74 Å². The van der Waals surface area contributed by atoms with Crippen LogP contribution in [0.4, 0.5) is 0 Å². The Morgan fingerprint density at radius 1 is 1.26 bits per heavy atom. The third-order valence-corrected chi connectivity index (χ3v) is 5.83. The first-order valence-electron chi connectivity index (χ1n) is 10.3. The van der Waals surface area contributed by atoms with Crippen LogP contribution in [-0.2, 0) is 16.1 Å². The van der Waals surface area contributed by atoms with Gasteiger partial charge in [-0.15, -0.1) is 0 Å². The first kappa shape index (κ1) is 20.2. The van der Waals surface area contributed by atoms with Gasteiger partial charge in [-0.05, 0) is 51.3 Å². The fourth-order valence-corrected chi connectivity index (χ4v) is 4.33. The average Bonchev–Trinajstić information content (AvgIpc) is 2.69. The normalized spacial score (nSPS) is 22.7. The quantitative estimate of drug-likeness (QED) is 0.738. The van der Waals surface area contributed by atoms with Gasteiger partial charge in [-0.3, -0.25) is 19.6 Å². The second-order valence-corrected chi connectivity index (χ2v) is 7.90. The average molecular weight is 375 g/mol. The zero-order valence-corrected chi connectivity index (χ0v) is 16.8. The number of nitrogens with one attached hydrogen (secondary N) is 1. The first-order valence-corrected chi connectivity index (χ1v) is 10.3. The highest BCUT2D eigenvalue weighted by molar-refractivity contribution is 5.78. The van der Waals surface area contributed by atoms with E-state index in [0.717, 1.165) is 51.3 Å². The van der Waals surface area contributed by atoms with E-state index >= 15 is 0 Å². The number of amides is 1. The van der Waals surface area contributed by atoms with Crippen molar-refractivity contribution in [2.45, 2.75) is 45.2 Å². The molecular formula is C21H34N4O2. The second-order valence-electron chi connectivity index (χ2n) is 7.90. The molecule has 6 nitrogen and oxygen atoms in total. The molecule has 2 fully saturated rings. The largest absolute Gasteiger partial charge is 0.383 e. The lowest BCUT2D eigenvalue weighted by atomic mass is 9.93. The molecule has 0 aliphatic carbocycles. The number of pyridine rings is 1. The topological polar surface area (TPSA) is 57.7 Å². The number of nitrogens with zero attached hydrogens (tertiary/aromatic N) is 3. The fourth-order valence-electron chi connectivity index (χ4n) is 4.33. The number of carbonyl (C=O) groups excluding carboxylic acids is 1. The zero-order chi connectivity index (χ0) is 19.1. The third kappa shape index (κ3) is 5.99. The Balaban J connectivity index is 1.44. The summed E-state index contributed by atoms with van der Waals surface area (Å²) < 4.78 is 5.02. The van der Waals surface area contributed by atoms with Crippen molar-refractivity contribution in [1.29, 1.82) is 0 Å². The van der Waals surface area contributed by atoms with Crippen LogP contribution in [0.1, 0.15) is 37.1 Å². The van der Waals surface area contributed by atoms with Gasteiger partial charge in [0.15, 0.2) is 0 Å². The molecule has 0 unspecified atom stereocenters. The van der Waals surface area contributed by atoms with Crippen LogP contribution >= 0.6 is 0 Å². The second kappa shape index (κ2) is 10.2. The summed E-state index contributed by atoms with van der Waals surface area (Å²) in [5, 5.41) is 3.01. The summed E-state index contributed by atoms with van der Waals surface area (Å²) in [5.41, 5.74) is 2.25. The summed E-state index contributed by atoms with van der Waals surface area (Å²) >= 11 is 0. The highest BCUT2D eigenvalue weighted by Gasteiger charge is 2.31. The zero-order valence-electron chi connectivity index (χ0n) is 16.8. The van der Waals surface area contributed by atoms with Crippen LogP contribution in [-0.4, -0.2) is 73.2 Å². The maximum absolute atomic E-state index is 12.4. The Morgan fingerprint density at radius 2 is 2.07 bits per heavy atom. The van der Waals surface area contributed by atoms with Crippen LogP contribution in [0.25, 0.3) is 0 Å². The van der Waals surface area contributed by atoms with Crippen molar-refractivity contribution in [3.8, 4) is 0 Å². The molecule has 2 saturated heterocycles. The van der Waals surface area contributed by atoms with Crippen molar-refractivity contribution in [2.24, 2.45) is 5.92 Å². The van der Waals surface area contributed by atoms with Gasteiger partial charge in [-0.1, -0.05) is 6.07 Å². The van der Waals surface area contributed by atoms with Crippen molar-refractivity contribution in [3.05, 3.63) is 29.6 Å². The maximum atomic E-state index is 12.4. The van der Waals surface area contributed by atoms with Crippen molar-refractivity contribution in [2.75, 3.05) is 46.4 Å². The van der Waals surface area contributed by atoms with Gasteiger partial charge in [-0.25, -0.2) is 0 Å². The molecule has 27 heavy (non-hydrogen) atoms. The van der Waals surface area contributed by atoms with Crippen molar-refractivity contribution in [1.82, 2.24) is 20.1 Å². The molecule has 1 atom stereocenters. The summed E-state index contributed by atoms with van der Waals surface area (Å²) in [6, 6.07) is 6.88. The van der Waals surface area contributed by atoms with Crippen LogP contribution in [0.15, 0.2) is 18.2 Å². The van der Waals surface area contributed by atoms with E-state index in [-0.39, 0.29) is 11.8 Å². The Kier molecular flexibility index (Phi) is 7.61. The lowest BCUT2D eigenvalue weighted by molar-refractivity contribution is -0.127. The van der Waals surface area contributed by atoms with Crippen molar-refractivity contribution < 1.29 is 9.53 Å². The minimum Gasteiger partial charge on any atom is -0.383 e. The monoisotopic (exact) mass is 374 g/mol. The third-order valence-electron chi connectivity index (χ3n) is 5.83. The predicted octanol–water partition coefficient (Wildman–Crippen LogP) is 1.83. The molecule has 3 rings (SSSR count). The molecule has 1 amide bonds. The number of aryl methyl sites for hydroxylation is 1. The SMILES string of the molecule is COCCNC(=O)[C@@H]1CCCN(C2CCN(Cc3cccc(C)n3)CC2)C1. The van der Waals surface area contributed by atoms with Crippen molar-refractivity contribution in [3.63, 3.8) is 0 Å². The Bertz CT molecular complexity index is 602. The van der Waals surface area contributed by atoms with Gasteiger partial charge in [-0.2, -0.15) is 0 Å². The van der Waals surface area contributed by atoms with Crippen LogP contribution in [0.2, 0.25) is 0 Å². The van der Waals surface area contributed by atoms with Gasteiger partial charge in [0.25, 0.3) is 0 Å². The number of hydrogen-bond donors (Lipinski definition) is 1. The van der Waals surface area contributed by atoms with E-state index in [9.17, 15) is 4.79 Å². The molecule has 0 aromatic carbocycles. The Hall–Kier alpha value is -1.50. The molecular weight excluding hydrogens is 340 g/mol. The number of ether oxygens (including phenoxy) is 1. The highest BCUT2D eigenvalue weighted by Crippen LogP contribution is 2.24. The fraction of sp³-hybridized carbons (Fsp3) is 0.714. The first-order chi connectivity index (χ1) is 13.2. The number of methoxy groups -OCH3 is 1. The highest BCUT2D eigenvalue weighted by atomic mass is 16.5. The molecule has 150 valence electrons. The van der Waals surface area contributed by atoms with Crippen LogP contribution in [0.3, 0.4) is 0 Å². The van der Waals surface area contributed by atoms with Gasteiger partial charge in [0.1, 0.15) is 0 Å². The van der Waals surface area contributed by atoms with Gasteiger partial charge in [0.05, 0.1) is 18.2 Å². The summed E-state index contributed by atoms with van der Waals surface area (Å²) in [4.78, 5) is 22.1. The minimum absolute atomic E-state index is 0.130. The molecule has 2 aliphatic rings. The lowest BCUT2D eigenvalue weighted by Crippen LogP contribution is -2.50. The van der Waals surface area contributed by atoms with E-state index in [1.54, 1.807) is 7.11 Å². The molecule has 3 heterocycles. The summed E-state index contributed by atoms with van der Waals surface area (Å²) in [5.74, 6) is 0.324. The molecule has 1 aromatic rings. The smallest absolute Gasteiger partial charge is 0.224 e. The summed E-state index contributed by atoms with van der Waals surface area (Å²) in [6.07, 6.45) is 4.50. The van der Waals surface area contributed by atoms with Gasteiger partial charge in [0, 0.05) is 51.6 Å². The van der Waals surface area contributed by atoms with E-state index in [1.807, 2.05) is 13.0 Å². The summed E-state index contributed by atoms with van der Waals surface area (Å²) in [7, 11) is 1.66. The van der Waals surface area contributed by atoms with E-state index in [2.05, 4.69) is 32.2 Å². The number of rotatable bonds is 7. The molecule has 6 heteroatoms. The van der Waals surface area contributed by atoms with Crippen molar-refractivity contribution >= 4 is 5.91 Å². The van der Waals surface area contributed by atoms with Gasteiger partial charge >= 0.3 is 0 Å². The number of piperidine rings is 2. The maximum Gasteiger partial charge on any atom is 0.224 e.